The number of unbranched alkanes of at least 4 members (excludes halogenated alkanes) is 1. The molecule has 0 heterocycles. The fraction of sp³-hybridized carbons (Fsp3) is 0.500. The van der Waals surface area contributed by atoms with Gasteiger partial charge in [0.05, 0.1) is 12.0 Å². The number of nitro groups is 1. The predicted octanol–water partition coefficient (Wildman–Crippen LogP) is 2.68. The van der Waals surface area contributed by atoms with Gasteiger partial charge in [0.25, 0.3) is 5.69 Å². The zero-order chi connectivity index (χ0) is 23.8. The Bertz CT molecular complexity index is 921. The number of nitro benzene ring substituents is 1. The SMILES string of the molecule is C=CCCCN(C[C@@H](C(=O)OC)C(=O)OC(C)(C)C)S(=O)(=O)c1ccccc1[N+](=O)[O-]. The van der Waals surface area contributed by atoms with Gasteiger partial charge in [-0.1, -0.05) is 18.2 Å². The average Bonchev–Trinajstić information content (AvgIpc) is 2.68. The first-order valence-electron chi connectivity index (χ1n) is 9.50. The monoisotopic (exact) mass is 456 g/mol. The van der Waals surface area contributed by atoms with Crippen LogP contribution in [-0.2, 0) is 29.1 Å². The van der Waals surface area contributed by atoms with Crippen LogP contribution in [0, 0.1) is 16.0 Å². The molecule has 0 aliphatic rings. The molecule has 0 N–H and O–H groups in total. The number of carbonyl (C=O) groups excluding carboxylic acids is 2. The zero-order valence-electron chi connectivity index (χ0n) is 18.1. The van der Waals surface area contributed by atoms with Crippen molar-refractivity contribution in [1.29, 1.82) is 0 Å². The molecule has 1 rings (SSSR count). The van der Waals surface area contributed by atoms with E-state index >= 15 is 0 Å². The molecule has 172 valence electrons. The lowest BCUT2D eigenvalue weighted by Crippen LogP contribution is -2.44. The number of allylic oxidation sites excluding steroid dienone is 1. The third kappa shape index (κ3) is 7.44. The van der Waals surface area contributed by atoms with E-state index in [2.05, 4.69) is 11.3 Å². The van der Waals surface area contributed by atoms with Crippen LogP contribution in [0.4, 0.5) is 5.69 Å². The van der Waals surface area contributed by atoms with Crippen molar-refractivity contribution in [2.75, 3.05) is 20.2 Å². The number of carbonyl (C=O) groups is 2. The van der Waals surface area contributed by atoms with Gasteiger partial charge in [-0.3, -0.25) is 19.7 Å². The lowest BCUT2D eigenvalue weighted by molar-refractivity contribution is -0.387. The minimum atomic E-state index is -4.43. The third-order valence-electron chi connectivity index (χ3n) is 4.06. The summed E-state index contributed by atoms with van der Waals surface area (Å²) in [5, 5.41) is 11.4. The van der Waals surface area contributed by atoms with Crippen molar-refractivity contribution in [3.63, 3.8) is 0 Å². The quantitative estimate of drug-likeness (QED) is 0.124. The Labute approximate surface area is 182 Å². The molecule has 1 aromatic carbocycles. The maximum Gasteiger partial charge on any atom is 0.322 e. The lowest BCUT2D eigenvalue weighted by atomic mass is 10.1. The Balaban J connectivity index is 3.42. The van der Waals surface area contributed by atoms with Crippen LogP contribution < -0.4 is 0 Å². The molecule has 0 radical (unpaired) electrons. The van der Waals surface area contributed by atoms with Gasteiger partial charge in [-0.2, -0.15) is 4.31 Å². The fourth-order valence-corrected chi connectivity index (χ4v) is 4.30. The Morgan fingerprint density at radius 1 is 1.26 bits per heavy atom. The van der Waals surface area contributed by atoms with Crippen LogP contribution in [0.3, 0.4) is 0 Å². The predicted molar refractivity (Wildman–Crippen MR) is 113 cm³/mol. The van der Waals surface area contributed by atoms with Crippen molar-refractivity contribution in [1.82, 2.24) is 4.31 Å². The summed E-state index contributed by atoms with van der Waals surface area (Å²) in [6.45, 7) is 7.70. The van der Waals surface area contributed by atoms with Gasteiger partial charge in [-0.15, -0.1) is 6.58 Å². The standard InChI is InChI=1S/C20H28N2O8S/c1-6-7-10-13-21(14-15(18(23)29-5)19(24)30-20(2,3)4)31(27,28)17-12-9-8-11-16(17)22(25)26/h6,8-9,11-12,15H,1,7,10,13-14H2,2-5H3/t15-/m0/s1. The Hall–Kier alpha value is -2.79. The number of sulfonamides is 1. The normalized spacial score (nSPS) is 12.8. The highest BCUT2D eigenvalue weighted by Gasteiger charge is 2.39. The van der Waals surface area contributed by atoms with Gasteiger partial charge in [0, 0.05) is 19.2 Å². The molecule has 0 aliphatic heterocycles. The summed E-state index contributed by atoms with van der Waals surface area (Å²) >= 11 is 0. The fourth-order valence-electron chi connectivity index (χ4n) is 2.65. The van der Waals surface area contributed by atoms with Crippen LogP contribution >= 0.6 is 0 Å². The number of rotatable bonds is 11. The van der Waals surface area contributed by atoms with Crippen LogP contribution in [0.5, 0.6) is 0 Å². The lowest BCUT2D eigenvalue weighted by Gasteiger charge is -2.27. The zero-order valence-corrected chi connectivity index (χ0v) is 18.9. The van der Waals surface area contributed by atoms with E-state index in [-0.39, 0.29) is 6.54 Å². The molecule has 10 nitrogen and oxygen atoms in total. The summed E-state index contributed by atoms with van der Waals surface area (Å²) in [4.78, 5) is 34.9. The van der Waals surface area contributed by atoms with E-state index in [4.69, 9.17) is 4.74 Å². The van der Waals surface area contributed by atoms with Crippen molar-refractivity contribution in [2.24, 2.45) is 5.92 Å². The Morgan fingerprint density at radius 2 is 1.87 bits per heavy atom. The molecule has 0 amide bonds. The molecule has 11 heteroatoms. The van der Waals surface area contributed by atoms with E-state index in [1.165, 1.54) is 12.1 Å². The van der Waals surface area contributed by atoms with Gasteiger partial charge < -0.3 is 9.47 Å². The number of hydrogen-bond acceptors (Lipinski definition) is 8. The molecular weight excluding hydrogens is 428 g/mol. The van der Waals surface area contributed by atoms with Gasteiger partial charge in [-0.05, 0) is 39.7 Å². The van der Waals surface area contributed by atoms with Crippen LogP contribution in [0.15, 0.2) is 41.8 Å². The highest BCUT2D eigenvalue weighted by Crippen LogP contribution is 2.27. The molecule has 0 saturated heterocycles. The molecule has 0 unspecified atom stereocenters. The Kier molecular flexibility index (Phi) is 9.32. The molecule has 31 heavy (non-hydrogen) atoms. The molecule has 0 spiro atoms. The first kappa shape index (κ1) is 26.2. The average molecular weight is 457 g/mol. The number of para-hydroxylation sites is 1. The van der Waals surface area contributed by atoms with Gasteiger partial charge in [0.15, 0.2) is 10.8 Å². The van der Waals surface area contributed by atoms with Gasteiger partial charge in [-0.25, -0.2) is 8.42 Å². The number of ether oxygens (including phenoxy) is 2. The Morgan fingerprint density at radius 3 is 2.39 bits per heavy atom. The second-order valence-corrected chi connectivity index (χ2v) is 9.53. The topological polar surface area (TPSA) is 133 Å². The van der Waals surface area contributed by atoms with Crippen LogP contribution in [0.1, 0.15) is 33.6 Å². The van der Waals surface area contributed by atoms with E-state index < -0.39 is 55.5 Å². The van der Waals surface area contributed by atoms with E-state index in [1.54, 1.807) is 26.8 Å². The molecule has 0 fully saturated rings. The number of methoxy groups -OCH3 is 1. The summed E-state index contributed by atoms with van der Waals surface area (Å²) in [6.07, 6.45) is 2.37. The van der Waals surface area contributed by atoms with Crippen molar-refractivity contribution in [2.45, 2.75) is 44.1 Å². The van der Waals surface area contributed by atoms with E-state index in [9.17, 15) is 28.1 Å². The second-order valence-electron chi connectivity index (χ2n) is 7.63. The van der Waals surface area contributed by atoms with Crippen molar-refractivity contribution in [3.8, 4) is 0 Å². The van der Waals surface area contributed by atoms with Gasteiger partial charge in [0.2, 0.25) is 10.0 Å². The van der Waals surface area contributed by atoms with E-state index in [1.807, 2.05) is 0 Å². The van der Waals surface area contributed by atoms with E-state index in [0.717, 1.165) is 23.5 Å². The second kappa shape index (κ2) is 11.0. The van der Waals surface area contributed by atoms with Crippen LogP contribution in [0.2, 0.25) is 0 Å². The minimum absolute atomic E-state index is 0.101. The van der Waals surface area contributed by atoms with Crippen LogP contribution in [-0.4, -0.2) is 55.4 Å². The first-order chi connectivity index (χ1) is 14.3. The number of hydrogen-bond donors (Lipinski definition) is 0. The van der Waals surface area contributed by atoms with E-state index in [0.29, 0.717) is 12.8 Å². The highest BCUT2D eigenvalue weighted by atomic mass is 32.2. The molecule has 0 bridgehead atoms. The molecule has 0 saturated carbocycles. The molecule has 1 atom stereocenters. The van der Waals surface area contributed by atoms with Crippen LogP contribution in [0.25, 0.3) is 0 Å². The minimum Gasteiger partial charge on any atom is -0.468 e. The maximum atomic E-state index is 13.3. The van der Waals surface area contributed by atoms with Gasteiger partial charge in [0.1, 0.15) is 5.60 Å². The highest BCUT2D eigenvalue weighted by molar-refractivity contribution is 7.89. The number of nitrogens with zero attached hydrogens (tertiary/aromatic N) is 2. The molecule has 1 aromatic rings. The van der Waals surface area contributed by atoms with Crippen molar-refractivity contribution in [3.05, 3.63) is 47.0 Å². The first-order valence-corrected chi connectivity index (χ1v) is 10.9. The molecule has 0 aliphatic carbocycles. The summed E-state index contributed by atoms with van der Waals surface area (Å²) in [5.41, 5.74) is -1.53. The summed E-state index contributed by atoms with van der Waals surface area (Å²) in [7, 11) is -3.36. The molecular formula is C20H28N2O8S. The number of benzene rings is 1. The summed E-state index contributed by atoms with van der Waals surface area (Å²) in [6, 6.07) is 4.87. The number of esters is 2. The smallest absolute Gasteiger partial charge is 0.322 e. The third-order valence-corrected chi connectivity index (χ3v) is 5.97. The largest absolute Gasteiger partial charge is 0.468 e. The summed E-state index contributed by atoms with van der Waals surface area (Å²) in [5.74, 6) is -3.49. The molecule has 0 aromatic heterocycles. The van der Waals surface area contributed by atoms with Crippen molar-refractivity contribution >= 4 is 27.6 Å². The van der Waals surface area contributed by atoms with Crippen molar-refractivity contribution < 1.29 is 32.4 Å². The van der Waals surface area contributed by atoms with Gasteiger partial charge >= 0.3 is 11.9 Å². The summed E-state index contributed by atoms with van der Waals surface area (Å²) < 4.78 is 37.4. The maximum absolute atomic E-state index is 13.3.